The summed E-state index contributed by atoms with van der Waals surface area (Å²) in [5.41, 5.74) is 0.839. The average Bonchev–Trinajstić information content (AvgIpc) is 2.74. The molecule has 0 aromatic heterocycles. The van der Waals surface area contributed by atoms with Crippen molar-refractivity contribution < 1.29 is 9.18 Å². The highest BCUT2D eigenvalue weighted by Gasteiger charge is 2.22. The van der Waals surface area contributed by atoms with Gasteiger partial charge in [-0.15, -0.1) is 0 Å². The lowest BCUT2D eigenvalue weighted by atomic mass is 10.1. The van der Waals surface area contributed by atoms with Crippen molar-refractivity contribution in [1.82, 2.24) is 4.90 Å². The van der Waals surface area contributed by atoms with Crippen LogP contribution in [0.1, 0.15) is 16.8 Å². The lowest BCUT2D eigenvalue weighted by Crippen LogP contribution is -2.28. The number of benzene rings is 1. The summed E-state index contributed by atoms with van der Waals surface area (Å²) in [6.07, 6.45) is 1.85. The second-order valence-corrected chi connectivity index (χ2v) is 5.09. The fourth-order valence-corrected chi connectivity index (χ4v) is 2.68. The summed E-state index contributed by atoms with van der Waals surface area (Å²) in [7, 11) is 3.95. The van der Waals surface area contributed by atoms with E-state index in [0.717, 1.165) is 32.3 Å². The summed E-state index contributed by atoms with van der Waals surface area (Å²) in [5.74, 6) is 0.215. The molecule has 1 saturated heterocycles. The molecule has 2 rings (SSSR count). The van der Waals surface area contributed by atoms with Crippen LogP contribution in [0.25, 0.3) is 0 Å². The number of para-hydroxylation sites is 1. The minimum Gasteiger partial charge on any atom is -0.371 e. The van der Waals surface area contributed by atoms with Crippen molar-refractivity contribution in [1.29, 1.82) is 0 Å². The molecule has 1 aromatic rings. The zero-order valence-electron chi connectivity index (χ0n) is 10.9. The fraction of sp³-hybridized carbons (Fsp3) is 0.500. The van der Waals surface area contributed by atoms with E-state index in [2.05, 4.69) is 11.9 Å². The van der Waals surface area contributed by atoms with Crippen LogP contribution in [-0.4, -0.2) is 44.9 Å². The lowest BCUT2D eigenvalue weighted by molar-refractivity contribution is 0.112. The Bertz CT molecular complexity index is 436. The first kappa shape index (κ1) is 13.0. The van der Waals surface area contributed by atoms with Gasteiger partial charge in [-0.3, -0.25) is 4.79 Å². The predicted octanol–water partition coefficient (Wildman–Crippen LogP) is 2.03. The van der Waals surface area contributed by atoms with Crippen LogP contribution in [0, 0.1) is 11.7 Å². The Hall–Kier alpha value is -1.42. The van der Waals surface area contributed by atoms with Crippen molar-refractivity contribution in [3.63, 3.8) is 0 Å². The van der Waals surface area contributed by atoms with Gasteiger partial charge in [0.05, 0.1) is 5.69 Å². The molecule has 0 saturated carbocycles. The summed E-state index contributed by atoms with van der Waals surface area (Å²) in [5, 5.41) is 0. The topological polar surface area (TPSA) is 23.6 Å². The molecular weight excluding hydrogens is 231 g/mol. The van der Waals surface area contributed by atoms with Gasteiger partial charge < -0.3 is 9.80 Å². The van der Waals surface area contributed by atoms with E-state index in [1.165, 1.54) is 6.07 Å². The Balaban J connectivity index is 2.13. The largest absolute Gasteiger partial charge is 0.371 e. The van der Waals surface area contributed by atoms with Crippen LogP contribution < -0.4 is 4.90 Å². The van der Waals surface area contributed by atoms with Gasteiger partial charge in [0, 0.05) is 25.7 Å². The van der Waals surface area contributed by atoms with Crippen LogP contribution >= 0.6 is 0 Å². The van der Waals surface area contributed by atoms with Crippen LogP contribution in [0.4, 0.5) is 10.1 Å². The number of nitrogens with zero attached hydrogens (tertiary/aromatic N) is 2. The molecule has 1 atom stereocenters. The van der Waals surface area contributed by atoms with E-state index < -0.39 is 0 Å². The molecule has 1 aliphatic heterocycles. The molecule has 0 radical (unpaired) electrons. The zero-order valence-corrected chi connectivity index (χ0v) is 10.9. The Morgan fingerprint density at radius 2 is 2.33 bits per heavy atom. The highest BCUT2D eigenvalue weighted by atomic mass is 19.1. The van der Waals surface area contributed by atoms with Crippen LogP contribution in [0.3, 0.4) is 0 Å². The molecule has 1 fully saturated rings. The predicted molar refractivity (Wildman–Crippen MR) is 70.7 cm³/mol. The van der Waals surface area contributed by atoms with Crippen LogP contribution in [-0.2, 0) is 0 Å². The van der Waals surface area contributed by atoms with E-state index in [-0.39, 0.29) is 5.82 Å². The number of anilines is 1. The van der Waals surface area contributed by atoms with E-state index in [1.54, 1.807) is 12.1 Å². The quantitative estimate of drug-likeness (QED) is 0.764. The van der Waals surface area contributed by atoms with Gasteiger partial charge in [-0.25, -0.2) is 4.39 Å². The van der Waals surface area contributed by atoms with E-state index in [0.29, 0.717) is 17.2 Å². The standard InChI is InChI=1S/C14H19FN2O/c1-16-7-6-11(8-16)9-17(2)14-12(10-18)4-3-5-13(14)15/h3-5,10-11H,6-9H2,1-2H3. The highest BCUT2D eigenvalue weighted by Crippen LogP contribution is 2.25. The molecule has 0 aliphatic carbocycles. The number of carbonyl (C=O) groups excluding carboxylic acids is 1. The van der Waals surface area contributed by atoms with Gasteiger partial charge in [0.1, 0.15) is 5.82 Å². The minimum atomic E-state index is -0.326. The number of carbonyl (C=O) groups is 1. The number of hydrogen-bond donors (Lipinski definition) is 0. The summed E-state index contributed by atoms with van der Waals surface area (Å²) in [6.45, 7) is 2.91. The minimum absolute atomic E-state index is 0.326. The maximum Gasteiger partial charge on any atom is 0.152 e. The summed E-state index contributed by atoms with van der Waals surface area (Å²) < 4.78 is 13.8. The highest BCUT2D eigenvalue weighted by molar-refractivity contribution is 5.84. The molecule has 3 nitrogen and oxygen atoms in total. The summed E-state index contributed by atoms with van der Waals surface area (Å²) in [6, 6.07) is 4.63. The Kier molecular flexibility index (Phi) is 3.97. The third-order valence-electron chi connectivity index (χ3n) is 3.55. The van der Waals surface area contributed by atoms with Gasteiger partial charge in [0.2, 0.25) is 0 Å². The second kappa shape index (κ2) is 5.48. The monoisotopic (exact) mass is 250 g/mol. The van der Waals surface area contributed by atoms with Gasteiger partial charge in [-0.05, 0) is 38.1 Å². The van der Waals surface area contributed by atoms with Crippen molar-refractivity contribution in [3.8, 4) is 0 Å². The van der Waals surface area contributed by atoms with E-state index in [1.807, 2.05) is 11.9 Å². The van der Waals surface area contributed by atoms with Crippen molar-refractivity contribution in [2.24, 2.45) is 5.92 Å². The second-order valence-electron chi connectivity index (χ2n) is 5.09. The maximum atomic E-state index is 13.8. The first-order valence-electron chi connectivity index (χ1n) is 6.25. The van der Waals surface area contributed by atoms with Gasteiger partial charge in [-0.1, -0.05) is 6.07 Å². The molecule has 4 heteroatoms. The molecule has 98 valence electrons. The molecule has 0 spiro atoms. The molecule has 1 heterocycles. The normalized spacial score (nSPS) is 20.1. The third-order valence-corrected chi connectivity index (χ3v) is 3.55. The van der Waals surface area contributed by atoms with E-state index >= 15 is 0 Å². The Labute approximate surface area is 107 Å². The number of hydrogen-bond acceptors (Lipinski definition) is 3. The average molecular weight is 250 g/mol. The van der Waals surface area contributed by atoms with E-state index in [4.69, 9.17) is 0 Å². The SMILES string of the molecule is CN1CCC(CN(C)c2c(F)cccc2C=O)C1. The number of halogens is 1. The van der Waals surface area contributed by atoms with Crippen molar-refractivity contribution >= 4 is 12.0 Å². The number of rotatable bonds is 4. The Morgan fingerprint density at radius 3 is 2.94 bits per heavy atom. The van der Waals surface area contributed by atoms with Crippen molar-refractivity contribution in [2.75, 3.05) is 38.6 Å². The van der Waals surface area contributed by atoms with E-state index in [9.17, 15) is 9.18 Å². The Morgan fingerprint density at radius 1 is 1.56 bits per heavy atom. The fourth-order valence-electron chi connectivity index (χ4n) is 2.68. The lowest BCUT2D eigenvalue weighted by Gasteiger charge is -2.24. The molecule has 1 unspecified atom stereocenters. The maximum absolute atomic E-state index is 13.8. The first-order chi connectivity index (χ1) is 8.61. The summed E-state index contributed by atoms with van der Waals surface area (Å²) in [4.78, 5) is 15.1. The van der Waals surface area contributed by atoms with Gasteiger partial charge in [-0.2, -0.15) is 0 Å². The smallest absolute Gasteiger partial charge is 0.152 e. The molecule has 1 aliphatic rings. The molecular formula is C14H19FN2O. The molecule has 1 aromatic carbocycles. The van der Waals surface area contributed by atoms with Crippen molar-refractivity contribution in [3.05, 3.63) is 29.6 Å². The number of aldehydes is 1. The van der Waals surface area contributed by atoms with Crippen molar-refractivity contribution in [2.45, 2.75) is 6.42 Å². The van der Waals surface area contributed by atoms with Crippen LogP contribution in [0.2, 0.25) is 0 Å². The summed E-state index contributed by atoms with van der Waals surface area (Å²) >= 11 is 0. The molecule has 18 heavy (non-hydrogen) atoms. The van der Waals surface area contributed by atoms with Crippen LogP contribution in [0.5, 0.6) is 0 Å². The molecule has 0 amide bonds. The molecule has 0 bridgehead atoms. The van der Waals surface area contributed by atoms with Crippen LogP contribution in [0.15, 0.2) is 18.2 Å². The third kappa shape index (κ3) is 2.70. The van der Waals surface area contributed by atoms with Gasteiger partial charge in [0.25, 0.3) is 0 Å². The van der Waals surface area contributed by atoms with Gasteiger partial charge >= 0.3 is 0 Å². The zero-order chi connectivity index (χ0) is 13.1. The first-order valence-corrected chi connectivity index (χ1v) is 6.25. The molecule has 0 N–H and O–H groups in total. The number of likely N-dealkylation sites (tertiary alicyclic amines) is 1. The van der Waals surface area contributed by atoms with Gasteiger partial charge in [0.15, 0.2) is 6.29 Å².